The lowest BCUT2D eigenvalue weighted by atomic mass is 9.84. The van der Waals surface area contributed by atoms with E-state index in [9.17, 15) is 4.79 Å². The molecule has 2 aliphatic heterocycles. The lowest BCUT2D eigenvalue weighted by Crippen LogP contribution is -2.61. The van der Waals surface area contributed by atoms with Crippen LogP contribution < -0.4 is 15.5 Å². The van der Waals surface area contributed by atoms with Gasteiger partial charge in [-0.15, -0.1) is 0 Å². The normalized spacial score (nSPS) is 18.9. The van der Waals surface area contributed by atoms with Crippen molar-refractivity contribution >= 4 is 17.3 Å². The third kappa shape index (κ3) is 2.98. The lowest BCUT2D eigenvalue weighted by molar-refractivity contribution is -0.124. The van der Waals surface area contributed by atoms with Gasteiger partial charge in [0.1, 0.15) is 5.54 Å². The molecule has 0 aliphatic carbocycles. The first-order valence-electron chi connectivity index (χ1n) is 9.48. The van der Waals surface area contributed by atoms with Crippen LogP contribution in [0.25, 0.3) is 0 Å². The van der Waals surface area contributed by atoms with E-state index in [2.05, 4.69) is 40.1 Å². The molecule has 2 aliphatic rings. The second-order valence-corrected chi connectivity index (χ2v) is 7.80. The maximum absolute atomic E-state index is 13.5. The average Bonchev–Trinajstić information content (AvgIpc) is 3.06. The van der Waals surface area contributed by atoms with E-state index in [1.165, 1.54) is 0 Å². The highest BCUT2D eigenvalue weighted by atomic mass is 16.2. The number of hydrogen-bond acceptors (Lipinski definition) is 4. The van der Waals surface area contributed by atoms with Gasteiger partial charge in [0.05, 0.1) is 29.9 Å². The van der Waals surface area contributed by atoms with Crippen molar-refractivity contribution in [1.82, 2.24) is 14.9 Å². The third-order valence-electron chi connectivity index (χ3n) is 5.36. The van der Waals surface area contributed by atoms with E-state index in [0.29, 0.717) is 12.5 Å². The van der Waals surface area contributed by atoms with Crippen molar-refractivity contribution in [3.05, 3.63) is 42.5 Å². The highest BCUT2D eigenvalue weighted by molar-refractivity contribution is 6.07. The number of fused-ring (bicyclic) bond motifs is 1. The number of aromatic nitrogens is 2. The van der Waals surface area contributed by atoms with Crippen molar-refractivity contribution in [2.24, 2.45) is 5.92 Å². The maximum atomic E-state index is 13.5. The van der Waals surface area contributed by atoms with Gasteiger partial charge in [0.2, 0.25) is 0 Å². The Bertz CT molecular complexity index is 791. The molecule has 1 amide bonds. The molecule has 26 heavy (non-hydrogen) atoms. The molecule has 0 radical (unpaired) electrons. The van der Waals surface area contributed by atoms with Crippen molar-refractivity contribution in [2.75, 3.05) is 23.3 Å². The van der Waals surface area contributed by atoms with Crippen molar-refractivity contribution in [1.29, 1.82) is 0 Å². The van der Waals surface area contributed by atoms with Crippen LogP contribution in [0, 0.1) is 5.92 Å². The van der Waals surface area contributed by atoms with Gasteiger partial charge in [0.15, 0.2) is 0 Å². The van der Waals surface area contributed by atoms with Crippen LogP contribution in [-0.4, -0.2) is 34.1 Å². The number of piperidine rings is 1. The topological polar surface area (TPSA) is 62.2 Å². The minimum absolute atomic E-state index is 0.176. The summed E-state index contributed by atoms with van der Waals surface area (Å²) < 4.78 is 2.16. The summed E-state index contributed by atoms with van der Waals surface area (Å²) in [7, 11) is 0. The molecule has 6 nitrogen and oxygen atoms in total. The summed E-state index contributed by atoms with van der Waals surface area (Å²) in [6.07, 6.45) is 5.37. The molecule has 1 aromatic carbocycles. The number of nitrogens with zero attached hydrogens (tertiary/aromatic N) is 3. The number of carbonyl (C=O) groups is 1. The second-order valence-electron chi connectivity index (χ2n) is 7.80. The molecule has 0 saturated carbocycles. The van der Waals surface area contributed by atoms with Crippen LogP contribution in [0.1, 0.15) is 32.4 Å². The monoisotopic (exact) mass is 353 g/mol. The highest BCUT2D eigenvalue weighted by Crippen LogP contribution is 2.39. The third-order valence-corrected chi connectivity index (χ3v) is 5.36. The summed E-state index contributed by atoms with van der Waals surface area (Å²) in [5, 5.41) is 6.93. The molecule has 1 spiro atoms. The molecule has 2 N–H and O–H groups in total. The van der Waals surface area contributed by atoms with Gasteiger partial charge in [-0.3, -0.25) is 4.79 Å². The van der Waals surface area contributed by atoms with Gasteiger partial charge in [-0.2, -0.15) is 0 Å². The zero-order chi connectivity index (χ0) is 18.1. The van der Waals surface area contributed by atoms with Gasteiger partial charge in [0, 0.05) is 12.7 Å². The lowest BCUT2D eigenvalue weighted by Gasteiger charge is -2.46. The number of imidazole rings is 1. The maximum Gasteiger partial charge on any atom is 0.253 e. The number of benzene rings is 1. The Morgan fingerprint density at radius 3 is 2.77 bits per heavy atom. The minimum atomic E-state index is -0.498. The molecule has 0 unspecified atom stereocenters. The zero-order valence-corrected chi connectivity index (χ0v) is 15.5. The van der Waals surface area contributed by atoms with Crippen molar-refractivity contribution < 1.29 is 4.79 Å². The molecule has 4 rings (SSSR count). The Hall–Kier alpha value is -2.34. The quantitative estimate of drug-likeness (QED) is 0.887. The first kappa shape index (κ1) is 17.1. The largest absolute Gasteiger partial charge is 0.369 e. The first-order valence-corrected chi connectivity index (χ1v) is 9.48. The van der Waals surface area contributed by atoms with Crippen molar-refractivity contribution in [2.45, 2.75) is 45.3 Å². The Kier molecular flexibility index (Phi) is 4.44. The number of hydrogen-bond donors (Lipinski definition) is 2. The molecule has 1 fully saturated rings. The Labute approximate surface area is 154 Å². The summed E-state index contributed by atoms with van der Waals surface area (Å²) in [6, 6.07) is 8.12. The molecule has 6 heteroatoms. The van der Waals surface area contributed by atoms with Gasteiger partial charge in [-0.1, -0.05) is 26.0 Å². The van der Waals surface area contributed by atoms with Crippen LogP contribution in [-0.2, 0) is 17.9 Å². The predicted octanol–water partition coefficient (Wildman–Crippen LogP) is 2.62. The number of para-hydroxylation sites is 2. The Balaban J connectivity index is 1.69. The van der Waals surface area contributed by atoms with Crippen molar-refractivity contribution in [3.63, 3.8) is 0 Å². The fourth-order valence-electron chi connectivity index (χ4n) is 4.04. The summed E-state index contributed by atoms with van der Waals surface area (Å²) in [5.41, 5.74) is 2.58. The van der Waals surface area contributed by atoms with Gasteiger partial charge in [-0.25, -0.2) is 4.98 Å². The van der Waals surface area contributed by atoms with E-state index in [0.717, 1.165) is 49.5 Å². The number of amides is 1. The van der Waals surface area contributed by atoms with E-state index in [1.54, 1.807) is 0 Å². The number of nitrogens with one attached hydrogen (secondary N) is 2. The van der Waals surface area contributed by atoms with Crippen LogP contribution in [0.15, 0.2) is 36.8 Å². The molecule has 3 heterocycles. The Morgan fingerprint density at radius 1 is 1.23 bits per heavy atom. The molecular weight excluding hydrogens is 326 g/mol. The van der Waals surface area contributed by atoms with Crippen LogP contribution >= 0.6 is 0 Å². The summed E-state index contributed by atoms with van der Waals surface area (Å²) in [5.74, 6) is 0.708. The predicted molar refractivity (Wildman–Crippen MR) is 103 cm³/mol. The van der Waals surface area contributed by atoms with E-state index < -0.39 is 5.54 Å². The SMILES string of the molecule is CC(C)Cn1cncc1CN1C(=O)C2(CCNCC2)Nc2ccccc21. The highest BCUT2D eigenvalue weighted by Gasteiger charge is 2.46. The molecule has 1 saturated heterocycles. The van der Waals surface area contributed by atoms with E-state index >= 15 is 0 Å². The van der Waals surface area contributed by atoms with Crippen LogP contribution in [0.2, 0.25) is 0 Å². The summed E-state index contributed by atoms with van der Waals surface area (Å²) >= 11 is 0. The van der Waals surface area contributed by atoms with E-state index in [4.69, 9.17) is 0 Å². The van der Waals surface area contributed by atoms with Crippen LogP contribution in [0.4, 0.5) is 11.4 Å². The molecule has 2 aromatic rings. The van der Waals surface area contributed by atoms with Gasteiger partial charge in [-0.05, 0) is 44.0 Å². The zero-order valence-electron chi connectivity index (χ0n) is 15.5. The molecule has 1 aromatic heterocycles. The van der Waals surface area contributed by atoms with Crippen LogP contribution in [0.5, 0.6) is 0 Å². The minimum Gasteiger partial charge on any atom is -0.369 e. The first-order chi connectivity index (χ1) is 12.6. The molecule has 0 atom stereocenters. The number of anilines is 2. The number of carbonyl (C=O) groups excluding carboxylic acids is 1. The van der Waals surface area contributed by atoms with Crippen LogP contribution in [0.3, 0.4) is 0 Å². The van der Waals surface area contributed by atoms with Gasteiger partial charge in [0.25, 0.3) is 5.91 Å². The Morgan fingerprint density at radius 2 is 2.00 bits per heavy atom. The average molecular weight is 353 g/mol. The van der Waals surface area contributed by atoms with Crippen molar-refractivity contribution in [3.8, 4) is 0 Å². The molecular formula is C20H27N5O. The fourth-order valence-corrected chi connectivity index (χ4v) is 4.04. The molecule has 138 valence electrons. The smallest absolute Gasteiger partial charge is 0.253 e. The number of rotatable bonds is 4. The molecule has 0 bridgehead atoms. The van der Waals surface area contributed by atoms with Gasteiger partial charge < -0.3 is 20.1 Å². The van der Waals surface area contributed by atoms with Gasteiger partial charge >= 0.3 is 0 Å². The second kappa shape index (κ2) is 6.76. The summed E-state index contributed by atoms with van der Waals surface area (Å²) in [4.78, 5) is 19.8. The summed E-state index contributed by atoms with van der Waals surface area (Å²) in [6.45, 7) is 7.57. The van der Waals surface area contributed by atoms with E-state index in [-0.39, 0.29) is 5.91 Å². The van der Waals surface area contributed by atoms with E-state index in [1.807, 2.05) is 35.6 Å². The standard InChI is InChI=1S/C20H27N5O/c1-15(2)12-24-14-22-11-16(24)13-25-18-6-4-3-5-17(18)23-20(19(25)26)7-9-21-10-8-20/h3-6,11,14-15,21,23H,7-10,12-13H2,1-2H3. The fraction of sp³-hybridized carbons (Fsp3) is 0.500.